The van der Waals surface area contributed by atoms with Gasteiger partial charge in [0.05, 0.1) is 5.69 Å². The molecule has 192 valence electrons. The highest BCUT2D eigenvalue weighted by Gasteiger charge is 2.27. The summed E-state index contributed by atoms with van der Waals surface area (Å²) in [5, 5.41) is 5.17. The van der Waals surface area contributed by atoms with Crippen molar-refractivity contribution in [2.75, 3.05) is 19.6 Å². The molecule has 1 saturated heterocycles. The molecule has 0 N–H and O–H groups in total. The zero-order valence-electron chi connectivity index (χ0n) is 21.3. The van der Waals surface area contributed by atoms with Crippen LogP contribution < -0.4 is 5.56 Å². The quantitative estimate of drug-likeness (QED) is 0.356. The third kappa shape index (κ3) is 4.85. The normalized spacial score (nSPS) is 18.8. The minimum Gasteiger partial charge on any atom is -0.356 e. The lowest BCUT2D eigenvalue weighted by Crippen LogP contribution is -2.38. The third-order valence-electron chi connectivity index (χ3n) is 8.24. The first-order chi connectivity index (χ1) is 18.1. The zero-order chi connectivity index (χ0) is 25.4. The van der Waals surface area contributed by atoms with Crippen molar-refractivity contribution in [2.24, 2.45) is 0 Å². The molecule has 2 aliphatic heterocycles. The first kappa shape index (κ1) is 24.0. The largest absolute Gasteiger partial charge is 0.356 e. The Balaban J connectivity index is 1.11. The van der Waals surface area contributed by atoms with Crippen LogP contribution in [0.5, 0.6) is 0 Å². The molecule has 2 aromatic heterocycles. The molecule has 6 rings (SSSR count). The predicted octanol–water partition coefficient (Wildman–Crippen LogP) is 5.37. The van der Waals surface area contributed by atoms with Crippen LogP contribution in [0.4, 0.5) is 4.39 Å². The Hall–Kier alpha value is -3.32. The fourth-order valence-electron chi connectivity index (χ4n) is 6.18. The lowest BCUT2D eigenvalue weighted by atomic mass is 9.90. The molecule has 1 fully saturated rings. The summed E-state index contributed by atoms with van der Waals surface area (Å²) in [7, 11) is 0. The minimum atomic E-state index is -0.306. The number of benzene rings is 2. The van der Waals surface area contributed by atoms with Crippen molar-refractivity contribution >= 4 is 11.0 Å². The molecule has 0 spiro atoms. The van der Waals surface area contributed by atoms with Gasteiger partial charge in [-0.2, -0.15) is 0 Å². The number of aryl methyl sites for hydroxylation is 1. The molecule has 1 unspecified atom stereocenters. The Labute approximate surface area is 216 Å². The molecule has 6 nitrogen and oxygen atoms in total. The van der Waals surface area contributed by atoms with Crippen LogP contribution in [0, 0.1) is 12.7 Å². The Morgan fingerprint density at radius 3 is 2.68 bits per heavy atom. The zero-order valence-corrected chi connectivity index (χ0v) is 21.3. The average Bonchev–Trinajstić information content (AvgIpc) is 3.33. The molecule has 0 saturated carbocycles. The van der Waals surface area contributed by atoms with E-state index >= 15 is 0 Å². The maximum absolute atomic E-state index is 13.5. The van der Waals surface area contributed by atoms with Crippen molar-refractivity contribution in [3.8, 4) is 0 Å². The van der Waals surface area contributed by atoms with Gasteiger partial charge in [-0.25, -0.2) is 9.37 Å². The lowest BCUT2D eigenvalue weighted by Gasteiger charge is -2.31. The highest BCUT2D eigenvalue weighted by molar-refractivity contribution is 5.79. The van der Waals surface area contributed by atoms with E-state index in [2.05, 4.69) is 34.3 Å². The topological polar surface area (TPSA) is 64.2 Å². The molecule has 1 atom stereocenters. The van der Waals surface area contributed by atoms with Gasteiger partial charge in [0.2, 0.25) is 0 Å². The van der Waals surface area contributed by atoms with E-state index < -0.39 is 0 Å². The standard InChI is InChI=1S/C30H33FN4O2/c1-20-25(30(36)35-14-5-8-23(29(35)32-20)18-21-6-3-2-4-7-21)13-17-34-15-11-22(12-16-34)28-26-10-9-24(31)19-27(26)37-33-28/h2-4,6-7,9-10,19,22-23H,5,8,11-18H2,1H3. The molecule has 0 bridgehead atoms. The molecule has 4 aromatic rings. The summed E-state index contributed by atoms with van der Waals surface area (Å²) in [5.41, 5.74) is 4.64. The van der Waals surface area contributed by atoms with Crippen molar-refractivity contribution in [3.63, 3.8) is 0 Å². The molecular weight excluding hydrogens is 467 g/mol. The van der Waals surface area contributed by atoms with Gasteiger partial charge in [0.25, 0.3) is 5.56 Å². The summed E-state index contributed by atoms with van der Waals surface area (Å²) < 4.78 is 20.8. The lowest BCUT2D eigenvalue weighted by molar-refractivity contribution is 0.211. The summed E-state index contributed by atoms with van der Waals surface area (Å²) in [6.07, 6.45) is 5.69. The summed E-state index contributed by atoms with van der Waals surface area (Å²) in [5.74, 6) is 1.25. The van der Waals surface area contributed by atoms with E-state index in [1.54, 1.807) is 6.07 Å². The third-order valence-corrected chi connectivity index (χ3v) is 8.24. The second-order valence-corrected chi connectivity index (χ2v) is 10.6. The maximum Gasteiger partial charge on any atom is 0.256 e. The van der Waals surface area contributed by atoms with E-state index in [-0.39, 0.29) is 11.4 Å². The van der Waals surface area contributed by atoms with Gasteiger partial charge in [-0.3, -0.25) is 9.36 Å². The molecule has 0 radical (unpaired) electrons. The Morgan fingerprint density at radius 2 is 1.86 bits per heavy atom. The number of rotatable bonds is 6. The van der Waals surface area contributed by atoms with E-state index in [1.165, 1.54) is 17.7 Å². The number of halogens is 1. The molecule has 7 heteroatoms. The predicted molar refractivity (Wildman–Crippen MR) is 141 cm³/mol. The molecular formula is C30H33FN4O2. The van der Waals surface area contributed by atoms with Crippen LogP contribution in [0.25, 0.3) is 11.0 Å². The maximum atomic E-state index is 13.5. The summed E-state index contributed by atoms with van der Waals surface area (Å²) >= 11 is 0. The molecule has 0 amide bonds. The Morgan fingerprint density at radius 1 is 1.05 bits per heavy atom. The smallest absolute Gasteiger partial charge is 0.256 e. The van der Waals surface area contributed by atoms with Gasteiger partial charge in [-0.1, -0.05) is 35.5 Å². The van der Waals surface area contributed by atoms with Gasteiger partial charge in [0, 0.05) is 47.6 Å². The van der Waals surface area contributed by atoms with Crippen LogP contribution in [0.2, 0.25) is 0 Å². The van der Waals surface area contributed by atoms with Crippen molar-refractivity contribution in [3.05, 3.63) is 93.0 Å². The fraction of sp³-hybridized carbons (Fsp3) is 0.433. The van der Waals surface area contributed by atoms with Gasteiger partial charge >= 0.3 is 0 Å². The van der Waals surface area contributed by atoms with E-state index in [0.29, 0.717) is 17.4 Å². The van der Waals surface area contributed by atoms with Crippen LogP contribution >= 0.6 is 0 Å². The van der Waals surface area contributed by atoms with E-state index in [1.807, 2.05) is 17.6 Å². The van der Waals surface area contributed by atoms with Crippen LogP contribution in [0.1, 0.15) is 65.9 Å². The summed E-state index contributed by atoms with van der Waals surface area (Å²) in [4.78, 5) is 20.9. The van der Waals surface area contributed by atoms with Gasteiger partial charge in [-0.15, -0.1) is 0 Å². The number of nitrogens with zero attached hydrogens (tertiary/aromatic N) is 4. The second kappa shape index (κ2) is 10.2. The first-order valence-corrected chi connectivity index (χ1v) is 13.5. The number of hydrogen-bond acceptors (Lipinski definition) is 5. The van der Waals surface area contributed by atoms with Gasteiger partial charge in [-0.05, 0) is 76.2 Å². The molecule has 37 heavy (non-hydrogen) atoms. The van der Waals surface area contributed by atoms with Crippen LogP contribution in [0.15, 0.2) is 57.8 Å². The number of hydrogen-bond donors (Lipinski definition) is 0. The van der Waals surface area contributed by atoms with E-state index in [4.69, 9.17) is 9.51 Å². The van der Waals surface area contributed by atoms with Gasteiger partial charge < -0.3 is 9.42 Å². The number of piperidine rings is 1. The SMILES string of the molecule is Cc1nc2n(c(=O)c1CCN1CCC(c3noc4cc(F)ccc34)CC1)CCCC2Cc1ccccc1. The van der Waals surface area contributed by atoms with Crippen LogP contribution in [-0.4, -0.2) is 39.2 Å². The molecule has 4 heterocycles. The highest BCUT2D eigenvalue weighted by Crippen LogP contribution is 2.33. The number of aromatic nitrogens is 3. The van der Waals surface area contributed by atoms with Crippen molar-refractivity contribution < 1.29 is 8.91 Å². The van der Waals surface area contributed by atoms with Gasteiger partial charge in [0.15, 0.2) is 5.58 Å². The van der Waals surface area contributed by atoms with E-state index in [9.17, 15) is 9.18 Å². The monoisotopic (exact) mass is 500 g/mol. The first-order valence-electron chi connectivity index (χ1n) is 13.5. The Bertz CT molecular complexity index is 1450. The second-order valence-electron chi connectivity index (χ2n) is 10.6. The summed E-state index contributed by atoms with van der Waals surface area (Å²) in [6.45, 7) is 5.50. The molecule has 0 aliphatic carbocycles. The fourth-order valence-corrected chi connectivity index (χ4v) is 6.18. The molecule has 2 aromatic carbocycles. The van der Waals surface area contributed by atoms with Gasteiger partial charge in [0.1, 0.15) is 11.6 Å². The Kier molecular flexibility index (Phi) is 6.63. The van der Waals surface area contributed by atoms with Crippen molar-refractivity contribution in [1.82, 2.24) is 19.6 Å². The number of likely N-dealkylation sites (tertiary alicyclic amines) is 1. The average molecular weight is 501 g/mol. The van der Waals surface area contributed by atoms with Crippen LogP contribution in [0.3, 0.4) is 0 Å². The van der Waals surface area contributed by atoms with Crippen molar-refractivity contribution in [1.29, 1.82) is 0 Å². The minimum absolute atomic E-state index is 0.149. The highest BCUT2D eigenvalue weighted by atomic mass is 19.1. The van der Waals surface area contributed by atoms with Crippen LogP contribution in [-0.2, 0) is 19.4 Å². The molecule has 2 aliphatic rings. The summed E-state index contributed by atoms with van der Waals surface area (Å²) in [6, 6.07) is 15.1. The number of fused-ring (bicyclic) bond motifs is 2. The van der Waals surface area contributed by atoms with Crippen molar-refractivity contribution in [2.45, 2.75) is 63.8 Å². The van der Waals surface area contributed by atoms with E-state index in [0.717, 1.165) is 92.9 Å².